The molecule has 6 nitrogen and oxygen atoms in total. The summed E-state index contributed by atoms with van der Waals surface area (Å²) in [5, 5.41) is 20.6. The summed E-state index contributed by atoms with van der Waals surface area (Å²) in [7, 11) is 0. The number of aromatic nitrogens is 4. The number of nitrogens with zero attached hydrogens (tertiary/aromatic N) is 4. The maximum absolute atomic E-state index is 12.9. The molecule has 1 aromatic heterocycles. The Kier molecular flexibility index (Phi) is 4.07. The Morgan fingerprint density at radius 3 is 2.60 bits per heavy atom. The third kappa shape index (κ3) is 2.66. The number of halogens is 1. The highest BCUT2D eigenvalue weighted by molar-refractivity contribution is 5.73. The van der Waals surface area contributed by atoms with Crippen molar-refractivity contribution >= 4 is 5.97 Å². The van der Waals surface area contributed by atoms with Crippen molar-refractivity contribution in [3.05, 3.63) is 30.1 Å². The van der Waals surface area contributed by atoms with Crippen LogP contribution in [0.1, 0.15) is 26.3 Å². The summed E-state index contributed by atoms with van der Waals surface area (Å²) in [5.74, 6) is -1.17. The average molecular weight is 278 g/mol. The van der Waals surface area contributed by atoms with Gasteiger partial charge in [-0.2, -0.15) is 0 Å². The molecule has 0 aliphatic carbocycles. The highest BCUT2D eigenvalue weighted by atomic mass is 19.1. The predicted octanol–water partition coefficient (Wildman–Crippen LogP) is 2.15. The van der Waals surface area contributed by atoms with E-state index in [1.54, 1.807) is 0 Å². The number of carboxylic acids is 1. The molecule has 2 unspecified atom stereocenters. The van der Waals surface area contributed by atoms with Gasteiger partial charge in [-0.3, -0.25) is 0 Å². The van der Waals surface area contributed by atoms with E-state index in [0.29, 0.717) is 17.8 Å². The molecule has 1 N–H and O–H groups in total. The van der Waals surface area contributed by atoms with Gasteiger partial charge < -0.3 is 5.11 Å². The van der Waals surface area contributed by atoms with Crippen LogP contribution in [0.3, 0.4) is 0 Å². The maximum Gasteiger partial charge on any atom is 0.328 e. The normalized spacial score (nSPS) is 13.9. The smallest absolute Gasteiger partial charge is 0.328 e. The van der Waals surface area contributed by atoms with Gasteiger partial charge in [-0.05, 0) is 40.6 Å². The molecule has 0 bridgehead atoms. The summed E-state index contributed by atoms with van der Waals surface area (Å²) in [4.78, 5) is 11.5. The molecule has 0 fully saturated rings. The van der Waals surface area contributed by atoms with Crippen LogP contribution < -0.4 is 0 Å². The van der Waals surface area contributed by atoms with E-state index < -0.39 is 12.0 Å². The fraction of sp³-hybridized carbons (Fsp3) is 0.385. The van der Waals surface area contributed by atoms with Crippen molar-refractivity contribution in [2.24, 2.45) is 5.92 Å². The highest BCUT2D eigenvalue weighted by Crippen LogP contribution is 2.26. The third-order valence-corrected chi connectivity index (χ3v) is 3.29. The van der Waals surface area contributed by atoms with Crippen molar-refractivity contribution in [2.45, 2.75) is 26.3 Å². The van der Waals surface area contributed by atoms with Crippen LogP contribution in [0.4, 0.5) is 4.39 Å². The van der Waals surface area contributed by atoms with Crippen molar-refractivity contribution in [1.82, 2.24) is 20.2 Å². The molecule has 0 amide bonds. The SMILES string of the molecule is CCC(C)C(C(=O)O)n1nnnc1-c1ccc(F)cc1. The molecule has 2 atom stereocenters. The first-order chi connectivity index (χ1) is 9.54. The number of hydrogen-bond acceptors (Lipinski definition) is 4. The first-order valence-corrected chi connectivity index (χ1v) is 6.31. The van der Waals surface area contributed by atoms with Gasteiger partial charge in [-0.25, -0.2) is 13.9 Å². The van der Waals surface area contributed by atoms with E-state index in [2.05, 4.69) is 15.5 Å². The van der Waals surface area contributed by atoms with Gasteiger partial charge in [0, 0.05) is 5.56 Å². The predicted molar refractivity (Wildman–Crippen MR) is 69.3 cm³/mol. The number of rotatable bonds is 5. The first kappa shape index (κ1) is 14.1. The average Bonchev–Trinajstić information content (AvgIpc) is 2.88. The van der Waals surface area contributed by atoms with Crippen molar-refractivity contribution < 1.29 is 14.3 Å². The zero-order valence-electron chi connectivity index (χ0n) is 11.2. The number of hydrogen-bond donors (Lipinski definition) is 1. The summed E-state index contributed by atoms with van der Waals surface area (Å²) < 4.78 is 14.2. The first-order valence-electron chi connectivity index (χ1n) is 6.31. The van der Waals surface area contributed by atoms with Crippen LogP contribution in [0.5, 0.6) is 0 Å². The van der Waals surface area contributed by atoms with Crippen LogP contribution in [0.15, 0.2) is 24.3 Å². The molecular formula is C13H15FN4O2. The van der Waals surface area contributed by atoms with E-state index in [1.807, 2.05) is 13.8 Å². The molecule has 7 heteroatoms. The molecule has 1 heterocycles. The fourth-order valence-electron chi connectivity index (χ4n) is 1.98. The number of tetrazole rings is 1. The largest absolute Gasteiger partial charge is 0.480 e. The molecule has 2 rings (SSSR count). The van der Waals surface area contributed by atoms with Gasteiger partial charge in [0.15, 0.2) is 11.9 Å². The summed E-state index contributed by atoms with van der Waals surface area (Å²) in [5.41, 5.74) is 0.575. The van der Waals surface area contributed by atoms with Crippen LogP contribution in [0, 0.1) is 11.7 Å². The molecular weight excluding hydrogens is 263 g/mol. The lowest BCUT2D eigenvalue weighted by molar-refractivity contribution is -0.142. The second kappa shape index (κ2) is 5.77. The molecule has 1 aromatic carbocycles. The molecule has 0 saturated carbocycles. The van der Waals surface area contributed by atoms with Crippen LogP contribution in [-0.4, -0.2) is 31.3 Å². The monoisotopic (exact) mass is 278 g/mol. The third-order valence-electron chi connectivity index (χ3n) is 3.29. The molecule has 20 heavy (non-hydrogen) atoms. The molecule has 0 spiro atoms. The van der Waals surface area contributed by atoms with E-state index >= 15 is 0 Å². The summed E-state index contributed by atoms with van der Waals surface area (Å²) in [6.45, 7) is 3.73. The molecule has 0 aliphatic heterocycles. The highest BCUT2D eigenvalue weighted by Gasteiger charge is 2.29. The Labute approximate surface area is 115 Å². The second-order valence-electron chi connectivity index (χ2n) is 4.62. The molecule has 0 radical (unpaired) electrons. The van der Waals surface area contributed by atoms with Crippen LogP contribution in [-0.2, 0) is 4.79 Å². The van der Waals surface area contributed by atoms with Crippen molar-refractivity contribution in [1.29, 1.82) is 0 Å². The van der Waals surface area contributed by atoms with E-state index in [-0.39, 0.29) is 11.7 Å². The lowest BCUT2D eigenvalue weighted by Crippen LogP contribution is -2.27. The van der Waals surface area contributed by atoms with Gasteiger partial charge in [0.2, 0.25) is 0 Å². The lowest BCUT2D eigenvalue weighted by Gasteiger charge is -2.19. The van der Waals surface area contributed by atoms with Gasteiger partial charge in [0.05, 0.1) is 0 Å². The minimum absolute atomic E-state index is 0.129. The summed E-state index contributed by atoms with van der Waals surface area (Å²) >= 11 is 0. The van der Waals surface area contributed by atoms with Crippen LogP contribution in [0.2, 0.25) is 0 Å². The Hall–Kier alpha value is -2.31. The van der Waals surface area contributed by atoms with E-state index in [0.717, 1.165) is 0 Å². The number of benzene rings is 1. The minimum Gasteiger partial charge on any atom is -0.480 e. The molecule has 0 saturated heterocycles. The van der Waals surface area contributed by atoms with Crippen molar-refractivity contribution in [2.75, 3.05) is 0 Å². The zero-order valence-corrected chi connectivity index (χ0v) is 11.2. The van der Waals surface area contributed by atoms with Gasteiger partial charge in [-0.1, -0.05) is 20.3 Å². The van der Waals surface area contributed by atoms with Crippen molar-refractivity contribution in [3.63, 3.8) is 0 Å². The number of aliphatic carboxylic acids is 1. The Morgan fingerprint density at radius 1 is 1.40 bits per heavy atom. The quantitative estimate of drug-likeness (QED) is 0.906. The number of carbonyl (C=O) groups is 1. The fourth-order valence-corrected chi connectivity index (χ4v) is 1.98. The van der Waals surface area contributed by atoms with Gasteiger partial charge in [-0.15, -0.1) is 5.10 Å². The van der Waals surface area contributed by atoms with Gasteiger partial charge in [0.25, 0.3) is 0 Å². The minimum atomic E-state index is -0.991. The van der Waals surface area contributed by atoms with Gasteiger partial charge in [0.1, 0.15) is 5.82 Å². The van der Waals surface area contributed by atoms with E-state index in [9.17, 15) is 14.3 Å². The maximum atomic E-state index is 12.9. The Morgan fingerprint density at radius 2 is 2.05 bits per heavy atom. The number of carboxylic acid groups (broad SMARTS) is 1. The van der Waals surface area contributed by atoms with E-state index in [4.69, 9.17) is 0 Å². The van der Waals surface area contributed by atoms with Crippen molar-refractivity contribution in [3.8, 4) is 11.4 Å². The summed E-state index contributed by atoms with van der Waals surface area (Å²) in [6, 6.07) is 4.76. The molecule has 2 aromatic rings. The van der Waals surface area contributed by atoms with Gasteiger partial charge >= 0.3 is 5.97 Å². The van der Waals surface area contributed by atoms with Crippen LogP contribution >= 0.6 is 0 Å². The topological polar surface area (TPSA) is 80.9 Å². The Bertz CT molecular complexity index is 597. The standard InChI is InChI=1S/C13H15FN4O2/c1-3-8(2)11(13(19)20)18-12(15-16-17-18)9-4-6-10(14)7-5-9/h4-8,11H,3H2,1-2H3,(H,19,20). The molecule has 106 valence electrons. The summed E-state index contributed by atoms with van der Waals surface area (Å²) in [6.07, 6.45) is 0.680. The Balaban J connectivity index is 2.45. The van der Waals surface area contributed by atoms with E-state index in [1.165, 1.54) is 28.9 Å². The zero-order chi connectivity index (χ0) is 14.7. The lowest BCUT2D eigenvalue weighted by atomic mass is 9.99. The second-order valence-corrected chi connectivity index (χ2v) is 4.62. The van der Waals surface area contributed by atoms with Crippen LogP contribution in [0.25, 0.3) is 11.4 Å². The molecule has 0 aliphatic rings.